The van der Waals surface area contributed by atoms with Crippen LogP contribution in [-0.2, 0) is 21.7 Å². The van der Waals surface area contributed by atoms with Gasteiger partial charge in [0.2, 0.25) is 0 Å². The lowest BCUT2D eigenvalue weighted by molar-refractivity contribution is -0.176. The van der Waals surface area contributed by atoms with Crippen LogP contribution in [0.25, 0.3) is 0 Å². The van der Waals surface area contributed by atoms with Crippen LogP contribution >= 0.6 is 0 Å². The molecule has 0 amide bonds. The lowest BCUT2D eigenvalue weighted by Gasteiger charge is -2.74. The number of fused-ring (bicyclic) bond motifs is 1. The van der Waals surface area contributed by atoms with Gasteiger partial charge in [0, 0.05) is 0 Å². The van der Waals surface area contributed by atoms with Crippen molar-refractivity contribution in [3.05, 3.63) is 119 Å². The molecule has 8 aliphatic carbocycles. The van der Waals surface area contributed by atoms with Gasteiger partial charge in [0.15, 0.2) is 0 Å². The monoisotopic (exact) mass is 790 g/mol. The molecule has 4 nitrogen and oxygen atoms in total. The molecule has 0 spiro atoms. The van der Waals surface area contributed by atoms with E-state index in [1.807, 2.05) is 0 Å². The van der Waals surface area contributed by atoms with E-state index in [-0.39, 0.29) is 48.1 Å². The van der Waals surface area contributed by atoms with Crippen molar-refractivity contribution in [1.29, 1.82) is 0 Å². The number of hydrogen-bond donors (Lipinski definition) is 0. The predicted molar refractivity (Wildman–Crippen MR) is 237 cm³/mol. The smallest absolute Gasteiger partial charge is 0.148 e. The number of ether oxygens (including phenoxy) is 4. The molecular formula is C56H54O4. The molecule has 0 heterocycles. The van der Waals surface area contributed by atoms with Gasteiger partial charge >= 0.3 is 0 Å². The Hall–Kier alpha value is -5.68. The molecule has 4 heteroatoms. The number of terminal acetylenes is 4. The fourth-order valence-electron chi connectivity index (χ4n) is 15.3. The molecule has 8 aliphatic rings. The molecule has 8 bridgehead atoms. The van der Waals surface area contributed by atoms with Crippen LogP contribution < -0.4 is 18.9 Å². The molecule has 8 saturated carbocycles. The fourth-order valence-corrected chi connectivity index (χ4v) is 15.3. The second-order valence-corrected chi connectivity index (χ2v) is 19.3. The van der Waals surface area contributed by atoms with Gasteiger partial charge < -0.3 is 18.9 Å². The van der Waals surface area contributed by atoms with Gasteiger partial charge in [-0.3, -0.25) is 0 Å². The molecule has 12 rings (SSSR count). The van der Waals surface area contributed by atoms with Gasteiger partial charge in [-0.1, -0.05) is 72.2 Å². The summed E-state index contributed by atoms with van der Waals surface area (Å²) in [5, 5.41) is 0. The number of rotatable bonds is 13. The standard InChI is InChI=1S/C56H54O4/c1-5-25-57-47-17-9-43(10-18-47)53-31-39-29-41(35-53)51(55(33-39,37-53)45-13-21-49(22-14-45)59-27-7-3)52-42-30-40-32-54(36-42,44-11-19-48(20-12-44)58-26-6-2)38-56(52,34-40)46-15-23-50(24-16-46)60-28-8-4/h1-4,9-24,39-42,51-52H,25-38H2. The van der Waals surface area contributed by atoms with Crippen molar-refractivity contribution in [2.45, 2.75) is 85.9 Å². The molecule has 60 heavy (non-hydrogen) atoms. The third-order valence-electron chi connectivity index (χ3n) is 16.3. The summed E-state index contributed by atoms with van der Waals surface area (Å²) >= 11 is 0. The van der Waals surface area contributed by atoms with Crippen molar-refractivity contribution >= 4 is 0 Å². The van der Waals surface area contributed by atoms with E-state index in [0.717, 1.165) is 35.8 Å². The van der Waals surface area contributed by atoms with E-state index >= 15 is 0 Å². The van der Waals surface area contributed by atoms with Gasteiger partial charge in [0.25, 0.3) is 0 Å². The summed E-state index contributed by atoms with van der Waals surface area (Å²) in [6.45, 7) is 1.09. The fraction of sp³-hybridized carbons (Fsp3) is 0.429. The summed E-state index contributed by atoms with van der Waals surface area (Å²) in [7, 11) is 0. The van der Waals surface area contributed by atoms with E-state index in [0.29, 0.717) is 35.5 Å². The van der Waals surface area contributed by atoms with Crippen molar-refractivity contribution in [3.8, 4) is 72.4 Å². The van der Waals surface area contributed by atoms with E-state index < -0.39 is 0 Å². The van der Waals surface area contributed by atoms with Gasteiger partial charge in [0.05, 0.1) is 0 Å². The van der Waals surface area contributed by atoms with Crippen LogP contribution in [0.15, 0.2) is 97.1 Å². The molecule has 10 atom stereocenters. The van der Waals surface area contributed by atoms with Crippen LogP contribution in [0.4, 0.5) is 0 Å². The van der Waals surface area contributed by atoms with E-state index in [1.165, 1.54) is 73.6 Å². The molecule has 4 aromatic carbocycles. The lowest BCUT2D eigenvalue weighted by atomic mass is 9.30. The van der Waals surface area contributed by atoms with Crippen LogP contribution in [0.5, 0.6) is 23.0 Å². The maximum Gasteiger partial charge on any atom is 0.148 e. The molecule has 0 aliphatic heterocycles. The van der Waals surface area contributed by atoms with Crippen LogP contribution in [0.1, 0.15) is 86.5 Å². The topological polar surface area (TPSA) is 36.9 Å². The van der Waals surface area contributed by atoms with Crippen molar-refractivity contribution < 1.29 is 18.9 Å². The molecule has 0 radical (unpaired) electrons. The largest absolute Gasteiger partial charge is 0.481 e. The Morgan fingerprint density at radius 2 is 0.700 bits per heavy atom. The van der Waals surface area contributed by atoms with Crippen LogP contribution in [0, 0.1) is 84.9 Å². The first kappa shape index (κ1) is 38.5. The average Bonchev–Trinajstić information content (AvgIpc) is 3.27. The van der Waals surface area contributed by atoms with E-state index in [9.17, 15) is 0 Å². The van der Waals surface area contributed by atoms with E-state index in [1.54, 1.807) is 0 Å². The summed E-state index contributed by atoms with van der Waals surface area (Å²) in [4.78, 5) is 0. The lowest BCUT2D eigenvalue weighted by Crippen LogP contribution is -2.69. The molecule has 0 saturated heterocycles. The van der Waals surface area contributed by atoms with Crippen molar-refractivity contribution in [2.75, 3.05) is 26.4 Å². The van der Waals surface area contributed by atoms with Crippen LogP contribution in [-0.4, -0.2) is 26.4 Å². The van der Waals surface area contributed by atoms with E-state index in [2.05, 4.69) is 121 Å². The third-order valence-corrected chi connectivity index (χ3v) is 16.3. The Balaban J connectivity index is 1.10. The minimum atomic E-state index is 0.0133. The first-order valence-electron chi connectivity index (χ1n) is 22.0. The van der Waals surface area contributed by atoms with Crippen molar-refractivity contribution in [3.63, 3.8) is 0 Å². The first-order chi connectivity index (χ1) is 29.3. The first-order valence-corrected chi connectivity index (χ1v) is 22.0. The Labute approximate surface area is 357 Å². The van der Waals surface area contributed by atoms with Gasteiger partial charge in [-0.15, -0.1) is 25.7 Å². The third kappa shape index (κ3) is 6.26. The summed E-state index contributed by atoms with van der Waals surface area (Å²) in [6, 6.07) is 36.3. The predicted octanol–water partition coefficient (Wildman–Crippen LogP) is 10.5. The Kier molecular flexibility index (Phi) is 9.69. The highest BCUT2D eigenvalue weighted by molar-refractivity contribution is 5.47. The molecule has 8 fully saturated rings. The second-order valence-electron chi connectivity index (χ2n) is 19.3. The second kappa shape index (κ2) is 15.1. The zero-order valence-corrected chi connectivity index (χ0v) is 34.5. The summed E-state index contributed by atoms with van der Waals surface area (Å²) in [6.07, 6.45) is 34.7. The average molecular weight is 791 g/mol. The van der Waals surface area contributed by atoms with Crippen molar-refractivity contribution in [2.24, 2.45) is 35.5 Å². The number of hydrogen-bond acceptors (Lipinski definition) is 4. The van der Waals surface area contributed by atoms with Gasteiger partial charge in [-0.2, -0.15) is 0 Å². The van der Waals surface area contributed by atoms with Crippen LogP contribution in [0.2, 0.25) is 0 Å². The highest BCUT2D eigenvalue weighted by Gasteiger charge is 2.71. The molecule has 0 N–H and O–H groups in total. The maximum atomic E-state index is 5.97. The highest BCUT2D eigenvalue weighted by atomic mass is 16.5. The number of benzene rings is 4. The van der Waals surface area contributed by atoms with Gasteiger partial charge in [-0.25, -0.2) is 0 Å². The highest BCUT2D eigenvalue weighted by Crippen LogP contribution is 2.77. The van der Waals surface area contributed by atoms with Gasteiger partial charge in [-0.05, 0) is 192 Å². The van der Waals surface area contributed by atoms with Crippen LogP contribution in [0.3, 0.4) is 0 Å². The summed E-state index contributed by atoms with van der Waals surface area (Å²) in [5.41, 5.74) is 6.10. The minimum absolute atomic E-state index is 0.0133. The van der Waals surface area contributed by atoms with Crippen molar-refractivity contribution in [1.82, 2.24) is 0 Å². The maximum absolute atomic E-state index is 5.97. The normalized spacial score (nSPS) is 33.8. The zero-order chi connectivity index (χ0) is 41.0. The Morgan fingerprint density at radius 1 is 0.400 bits per heavy atom. The molecular weight excluding hydrogens is 737 g/mol. The Bertz CT molecular complexity index is 2220. The minimum Gasteiger partial charge on any atom is -0.481 e. The summed E-state index contributed by atoms with van der Waals surface area (Å²) < 4.78 is 23.7. The van der Waals surface area contributed by atoms with Gasteiger partial charge in [0.1, 0.15) is 49.4 Å². The molecule has 0 aromatic heterocycles. The molecule has 4 aromatic rings. The summed E-state index contributed by atoms with van der Waals surface area (Å²) in [5.74, 6) is 17.5. The SMILES string of the molecule is C#CCOc1ccc(C23CC4CC(C2)C(C2C5CC6CC(c7ccc(OCC#C)cc7)(C5)CC2(c2ccc(OCC#C)cc2)C6)C(c2ccc(OCC#C)cc2)(C4)C3)cc1. The van der Waals surface area contributed by atoms with E-state index in [4.69, 9.17) is 44.6 Å². The Morgan fingerprint density at radius 3 is 1.00 bits per heavy atom. The zero-order valence-electron chi connectivity index (χ0n) is 34.5. The molecule has 10 unspecified atom stereocenters. The molecule has 302 valence electrons. The quantitative estimate of drug-likeness (QED) is 0.126.